The number of Topliss-reactive ketones (excluding diaryl/α,β-unsaturated/α-hetero) is 2. The van der Waals surface area contributed by atoms with E-state index in [4.69, 9.17) is 53.0 Å². The van der Waals surface area contributed by atoms with E-state index in [-0.39, 0.29) is 112 Å². The largest absolute Gasteiger partial charge is 0.481 e. The number of carbonyl (C=O) groups is 3. The molecule has 140 heavy (non-hydrogen) atoms. The molecule has 0 spiro atoms. The maximum absolute atomic E-state index is 13.2. The highest BCUT2D eigenvalue weighted by Gasteiger charge is 2.27. The number of ketones is 2. The zero-order valence-corrected chi connectivity index (χ0v) is 80.3. The highest BCUT2D eigenvalue weighted by atomic mass is 35.7. The van der Waals surface area contributed by atoms with E-state index in [0.29, 0.717) is 46.2 Å². The fraction of sp³-hybridized carbons (Fsp3) is 0.204. The number of hydrogen-bond donors (Lipinski definition) is 7. The monoisotopic (exact) mass is 1960 g/mol. The third-order valence-electron chi connectivity index (χ3n) is 20.7. The first kappa shape index (κ1) is 107. The van der Waals surface area contributed by atoms with Crippen LogP contribution >= 0.6 is 10.7 Å². The molecule has 0 radical (unpaired) electrons. The summed E-state index contributed by atoms with van der Waals surface area (Å²) in [4.78, 5) is 65.5. The fourth-order valence-corrected chi connectivity index (χ4v) is 16.9. The van der Waals surface area contributed by atoms with Gasteiger partial charge in [0.25, 0.3) is 41.3 Å². The molecule has 9 aromatic heterocycles. The number of rotatable bonds is 19. The number of nitrogens with two attached hydrogens (primary N) is 3. The average molecular weight is 1960 g/mol. The van der Waals surface area contributed by atoms with E-state index in [9.17, 15) is 44.7 Å². The van der Waals surface area contributed by atoms with Crippen molar-refractivity contribution in [3.05, 3.63) is 347 Å². The van der Waals surface area contributed by atoms with Gasteiger partial charge in [-0.15, -0.1) is 0 Å². The molecule has 9 heterocycles. The standard InChI is InChI=1S/C25H26N4O3S.C24H24N4O4S.C15H10N6.C15H14N4O.C10H13ClO2S.C9H9N3.C3H2N2.2CH4/c1-17(30)15-19-16-24(28-33(31,32)20-12-10-18(11-13-20)25(2,3)4)29(27-19)23-9-5-8-22-21(23)7-6-14-26-22;1-24(2,3)16-9-11-18(12-10-16)33(31,32)27-22-14-17(15-23(29)30)26-28(22)21-8-4-7-20-19(21)6-5-13-25-20;1-17-9-12-14(18-2)15(16)21(20-12)13-7-3-6-11-10(13)5-4-8-19-11;1-10(20)8-11-9-15(16)19(18-11)14-6-2-5-13-12(14)4-3-7-17-13;1-10(2,3)8-4-6-9(7-5-8)14(11,12)13;10-12-9-5-1-4-8-7(9)3-2-6-11-8;1-5-3-2-4;;/h5-14,16,28H,15H2,1-4H3;4-14,27H,15H2,1-3H3,(H,29,30);3-8H,9,16H2;2-7,9H,8,16H2,1H3;4-7H,1-3H3;1-6,12H,10H2;3H2;2*1H4. The second kappa shape index (κ2) is 46.8. The van der Waals surface area contributed by atoms with Gasteiger partial charge in [-0.05, 0) is 205 Å². The molecule has 0 aliphatic carbocycles. The predicted molar refractivity (Wildman–Crippen MR) is 551 cm³/mol. The minimum Gasteiger partial charge on any atom is -0.481 e. The van der Waals surface area contributed by atoms with Gasteiger partial charge < -0.3 is 31.7 Å². The lowest BCUT2D eigenvalue weighted by atomic mass is 9.87. The quantitative estimate of drug-likeness (QED) is 0.0130. The minimum atomic E-state index is -3.95. The van der Waals surface area contributed by atoms with Crippen LogP contribution in [0.3, 0.4) is 0 Å². The van der Waals surface area contributed by atoms with Crippen molar-refractivity contribution in [2.75, 3.05) is 32.9 Å². The van der Waals surface area contributed by atoms with Crippen LogP contribution in [0.5, 0.6) is 0 Å². The highest BCUT2D eigenvalue weighted by Crippen LogP contribution is 2.36. The molecule has 718 valence electrons. The molecule has 0 aliphatic rings. The van der Waals surface area contributed by atoms with Gasteiger partial charge >= 0.3 is 5.97 Å². The van der Waals surface area contributed by atoms with Gasteiger partial charge in [-0.25, -0.2) is 62.0 Å². The number of hydrogen-bond acceptors (Lipinski definition) is 23. The molecular weight excluding hydrogens is 1850 g/mol. The number of anilines is 5. The van der Waals surface area contributed by atoms with E-state index in [1.807, 2.05) is 146 Å². The lowest BCUT2D eigenvalue weighted by Gasteiger charge is -2.19. The summed E-state index contributed by atoms with van der Waals surface area (Å²) in [6, 6.07) is 73.6. The van der Waals surface area contributed by atoms with Gasteiger partial charge in [-0.2, -0.15) is 25.7 Å². The smallest absolute Gasteiger partial charge is 0.309 e. The van der Waals surface area contributed by atoms with Gasteiger partial charge in [0, 0.05) is 86.8 Å². The molecule has 37 heteroatoms. The van der Waals surface area contributed by atoms with Crippen LogP contribution in [0.15, 0.2) is 288 Å². The summed E-state index contributed by atoms with van der Waals surface area (Å²) in [5.41, 5.74) is 27.5. The molecule has 0 saturated heterocycles. The van der Waals surface area contributed by atoms with Crippen LogP contribution in [-0.2, 0) is 85.5 Å². The molecule has 10 N–H and O–H groups in total. The number of hydrazine groups is 1. The average Bonchev–Trinajstić information content (AvgIpc) is 1.20. The zero-order chi connectivity index (χ0) is 100. The van der Waals surface area contributed by atoms with Crippen molar-refractivity contribution in [1.82, 2.24) is 64.0 Å². The summed E-state index contributed by atoms with van der Waals surface area (Å²) in [6.45, 7) is 41.8. The number of carboxylic acid groups (broad SMARTS) is 1. The fourth-order valence-electron chi connectivity index (χ4n) is 14.0. The zero-order valence-electron chi connectivity index (χ0n) is 77.1. The number of pyridine rings is 5. The maximum Gasteiger partial charge on any atom is 0.309 e. The Morgan fingerprint density at radius 3 is 1.09 bits per heavy atom. The SMILES string of the molecule is C.C.CC(=O)Cc1cc(N)n(-c2cccc3ncccc23)n1.CC(=O)Cc1cc(NS(=O)(=O)c2ccc(C(C)(C)C)cc2)n(-c2cccc3ncccc23)n1.CC(C)(C)c1ccc(S(=O)(=O)Cl)cc1.CC(C)(C)c1ccc(S(=O)(=O)Nc2cc(CC(=O)O)nn2-c2cccc3ncccc23)cc1.NNc1cccc2ncccc12.[C-]#[N+]CC#N.[C-]#[N+]Cc1nn(-c2cccc3ncccc23)c(N)c1[N+]#[C-]. The Bertz CT molecular complexity index is 7620. The number of fused-ring (bicyclic) bond motifs is 5. The molecule has 17 aromatic rings. The first-order valence-corrected chi connectivity index (χ1v) is 47.8. The molecule has 17 rings (SSSR count). The second-order valence-electron chi connectivity index (χ2n) is 34.0. The van der Waals surface area contributed by atoms with Crippen molar-refractivity contribution in [1.29, 1.82) is 5.26 Å². The Kier molecular flexibility index (Phi) is 35.9. The molecule has 0 amide bonds. The lowest BCUT2D eigenvalue weighted by Crippen LogP contribution is -2.17. The van der Waals surface area contributed by atoms with Gasteiger partial charge in [0.1, 0.15) is 40.9 Å². The minimum absolute atomic E-state index is 0. The number of nitriles is 1. The summed E-state index contributed by atoms with van der Waals surface area (Å²) in [5, 5.41) is 38.9. The Morgan fingerprint density at radius 1 is 0.436 bits per heavy atom. The molecular formula is C103H106ClN23O10S3. The van der Waals surface area contributed by atoms with Crippen LogP contribution in [0, 0.1) is 31.0 Å². The number of nitrogens with one attached hydrogen (secondary N) is 3. The van der Waals surface area contributed by atoms with Gasteiger partial charge in [0.15, 0.2) is 5.69 Å². The van der Waals surface area contributed by atoms with Crippen LogP contribution in [-0.4, -0.2) is 118 Å². The number of carbonyl (C=O) groups excluding carboxylic acids is 2. The first-order valence-electron chi connectivity index (χ1n) is 42.5. The Morgan fingerprint density at radius 2 is 0.764 bits per heavy atom. The Labute approximate surface area is 817 Å². The summed E-state index contributed by atoms with van der Waals surface area (Å²) >= 11 is 0. The number of sulfonamides is 2. The molecule has 0 aliphatic heterocycles. The summed E-state index contributed by atoms with van der Waals surface area (Å²) in [7, 11) is -6.23. The number of aromatic nitrogens is 13. The van der Waals surface area contributed by atoms with Gasteiger partial charge in [0.05, 0.1) is 114 Å². The van der Waals surface area contributed by atoms with Crippen LogP contribution in [0.25, 0.3) is 91.8 Å². The first-order chi connectivity index (χ1) is 65.5. The Balaban J connectivity index is 0.000000191. The topological polar surface area (TPSA) is 461 Å². The molecule has 0 bridgehead atoms. The van der Waals surface area contributed by atoms with Crippen LogP contribution in [0.2, 0.25) is 0 Å². The van der Waals surface area contributed by atoms with Crippen molar-refractivity contribution in [3.8, 4) is 28.8 Å². The van der Waals surface area contributed by atoms with Gasteiger partial charge in [-0.3, -0.25) is 54.6 Å². The summed E-state index contributed by atoms with van der Waals surface area (Å²) in [6.07, 6.45) is 8.64. The van der Waals surface area contributed by atoms with Gasteiger partial charge in [0.2, 0.25) is 6.54 Å². The maximum atomic E-state index is 13.2. The normalized spacial score (nSPS) is 11.1. The number of nitrogens with zero attached hydrogens (tertiary/aromatic N) is 17. The number of halogens is 1. The third-order valence-corrected chi connectivity index (χ3v) is 24.8. The van der Waals surface area contributed by atoms with Crippen LogP contribution < -0.4 is 32.2 Å². The third kappa shape index (κ3) is 27.5. The molecule has 0 atom stereocenters. The van der Waals surface area contributed by atoms with E-state index >= 15 is 0 Å². The van der Waals surface area contributed by atoms with Crippen LogP contribution in [0.4, 0.5) is 34.6 Å². The van der Waals surface area contributed by atoms with Crippen molar-refractivity contribution in [2.45, 2.75) is 148 Å². The van der Waals surface area contributed by atoms with Crippen LogP contribution in [0.1, 0.15) is 130 Å². The summed E-state index contributed by atoms with van der Waals surface area (Å²) < 4.78 is 86.0. The number of carboxylic acids is 1. The predicted octanol–water partition coefficient (Wildman–Crippen LogP) is 20.0. The molecule has 0 saturated carbocycles. The van der Waals surface area contributed by atoms with Gasteiger partial charge in [-0.1, -0.05) is 144 Å². The van der Waals surface area contributed by atoms with Crippen molar-refractivity contribution in [2.24, 2.45) is 5.84 Å². The van der Waals surface area contributed by atoms with E-state index in [1.165, 1.54) is 46.1 Å². The van der Waals surface area contributed by atoms with Crippen molar-refractivity contribution >= 4 is 146 Å². The van der Waals surface area contributed by atoms with E-state index in [0.717, 1.165) is 82.8 Å². The number of benzene rings is 8. The number of nitrogen functional groups attached to an aromatic ring is 3. The highest BCUT2D eigenvalue weighted by molar-refractivity contribution is 8.13. The lowest BCUT2D eigenvalue weighted by molar-refractivity contribution is -0.136. The Hall–Kier alpha value is -16.5. The van der Waals surface area contributed by atoms with Crippen molar-refractivity contribution < 1.29 is 44.7 Å². The molecule has 8 aromatic carbocycles. The molecule has 0 fully saturated rings. The number of aliphatic carboxylic acids is 1. The van der Waals surface area contributed by atoms with E-state index in [1.54, 1.807) is 121 Å². The van der Waals surface area contributed by atoms with E-state index in [2.05, 4.69) is 137 Å². The summed E-state index contributed by atoms with van der Waals surface area (Å²) in [5.74, 6) is 5.43. The second-order valence-corrected chi connectivity index (χ2v) is 40.0. The van der Waals surface area contributed by atoms with Crippen molar-refractivity contribution in [3.63, 3.8) is 0 Å². The molecule has 0 unspecified atom stereocenters. The molecule has 33 nitrogen and oxygen atoms in total. The van der Waals surface area contributed by atoms with E-state index < -0.39 is 35.1 Å².